The highest BCUT2D eigenvalue weighted by Gasteiger charge is 2.24. The van der Waals surface area contributed by atoms with Crippen molar-refractivity contribution in [3.05, 3.63) is 49.9 Å². The minimum Gasteiger partial charge on any atom is -0.366 e. The first-order valence-electron chi connectivity index (χ1n) is 8.77. The highest BCUT2D eigenvalue weighted by molar-refractivity contribution is 7.16. The molecular formula is C19H20N4O3S. The van der Waals surface area contributed by atoms with Crippen molar-refractivity contribution in [3.63, 3.8) is 0 Å². The number of carbonyl (C=O) groups is 1. The van der Waals surface area contributed by atoms with Crippen molar-refractivity contribution in [1.29, 1.82) is 5.26 Å². The minimum atomic E-state index is -0.457. The van der Waals surface area contributed by atoms with Gasteiger partial charge < -0.3 is 10.2 Å². The summed E-state index contributed by atoms with van der Waals surface area (Å²) >= 11 is 1.33. The van der Waals surface area contributed by atoms with E-state index in [-0.39, 0.29) is 11.3 Å². The number of aryl methyl sites for hydroxylation is 1. The Morgan fingerprint density at radius 2 is 2.00 bits per heavy atom. The standard InChI is InChI=1S/C19H20N4O3S/c1-12-13(2)27-19(15(12)11-20)21-18(24)14-6-7-16(17(10-14)23(25)26)22-8-4-3-5-9-22/h6-7,10H,3-5,8-9H2,1-2H3,(H,21,24). The van der Waals surface area contributed by atoms with Crippen molar-refractivity contribution in [2.24, 2.45) is 0 Å². The number of nitriles is 1. The van der Waals surface area contributed by atoms with E-state index in [4.69, 9.17) is 0 Å². The quantitative estimate of drug-likeness (QED) is 0.622. The molecule has 2 aromatic rings. The first-order chi connectivity index (χ1) is 12.9. The number of nitrogens with one attached hydrogen (secondary N) is 1. The molecule has 8 heteroatoms. The molecule has 7 nitrogen and oxygen atoms in total. The Morgan fingerprint density at radius 3 is 2.63 bits per heavy atom. The highest BCUT2D eigenvalue weighted by Crippen LogP contribution is 2.34. The Hall–Kier alpha value is -2.92. The van der Waals surface area contributed by atoms with Gasteiger partial charge in [-0.1, -0.05) is 0 Å². The Kier molecular flexibility index (Phi) is 5.42. The third-order valence-electron chi connectivity index (χ3n) is 4.86. The summed E-state index contributed by atoms with van der Waals surface area (Å²) in [6.45, 7) is 5.28. The first kappa shape index (κ1) is 18.9. The predicted octanol–water partition coefficient (Wildman–Crippen LogP) is 4.39. The van der Waals surface area contributed by atoms with Gasteiger partial charge in [-0.25, -0.2) is 0 Å². The van der Waals surface area contributed by atoms with E-state index in [9.17, 15) is 20.2 Å². The number of hydrogen-bond donors (Lipinski definition) is 1. The number of rotatable bonds is 4. The monoisotopic (exact) mass is 384 g/mol. The van der Waals surface area contributed by atoms with Gasteiger partial charge in [0.05, 0.1) is 10.5 Å². The van der Waals surface area contributed by atoms with Crippen molar-refractivity contribution >= 4 is 33.6 Å². The molecule has 1 N–H and O–H groups in total. The summed E-state index contributed by atoms with van der Waals surface area (Å²) < 4.78 is 0. The minimum absolute atomic E-state index is 0.0661. The van der Waals surface area contributed by atoms with E-state index in [2.05, 4.69) is 11.4 Å². The number of hydrogen-bond acceptors (Lipinski definition) is 6. The molecule has 0 aliphatic carbocycles. The number of anilines is 2. The van der Waals surface area contributed by atoms with Gasteiger partial charge in [0, 0.05) is 29.6 Å². The highest BCUT2D eigenvalue weighted by atomic mass is 32.1. The van der Waals surface area contributed by atoms with Gasteiger partial charge >= 0.3 is 0 Å². The molecule has 0 unspecified atom stereocenters. The molecule has 140 valence electrons. The number of carbonyl (C=O) groups excluding carboxylic acids is 1. The Bertz CT molecular complexity index is 939. The van der Waals surface area contributed by atoms with Crippen LogP contribution in [0.25, 0.3) is 0 Å². The zero-order chi connectivity index (χ0) is 19.6. The van der Waals surface area contributed by atoms with Crippen LogP contribution in [0.4, 0.5) is 16.4 Å². The lowest BCUT2D eigenvalue weighted by Gasteiger charge is -2.28. The average molecular weight is 384 g/mol. The maximum Gasteiger partial charge on any atom is 0.293 e. The third kappa shape index (κ3) is 3.78. The molecule has 1 aliphatic rings. The molecule has 0 bridgehead atoms. The molecule has 0 saturated carbocycles. The van der Waals surface area contributed by atoms with Gasteiger partial charge in [-0.05, 0) is 50.8 Å². The van der Waals surface area contributed by atoms with E-state index in [1.165, 1.54) is 17.4 Å². The van der Waals surface area contributed by atoms with Crippen LogP contribution in [-0.2, 0) is 0 Å². The SMILES string of the molecule is Cc1sc(NC(=O)c2ccc(N3CCCCC3)c([N+](=O)[O-])c2)c(C#N)c1C. The summed E-state index contributed by atoms with van der Waals surface area (Å²) in [5.41, 5.74) is 1.96. The van der Waals surface area contributed by atoms with Gasteiger partial charge in [-0.3, -0.25) is 14.9 Å². The summed E-state index contributed by atoms with van der Waals surface area (Å²) in [7, 11) is 0. The van der Waals surface area contributed by atoms with Gasteiger partial charge in [-0.2, -0.15) is 5.26 Å². The van der Waals surface area contributed by atoms with Crippen LogP contribution in [0, 0.1) is 35.3 Å². The Labute approximate surface area is 161 Å². The molecular weight excluding hydrogens is 364 g/mol. The van der Waals surface area contributed by atoms with Crippen LogP contribution >= 0.6 is 11.3 Å². The normalized spacial score (nSPS) is 13.9. The number of amides is 1. The second kappa shape index (κ2) is 7.76. The Balaban J connectivity index is 1.89. The lowest BCUT2D eigenvalue weighted by atomic mass is 10.1. The smallest absolute Gasteiger partial charge is 0.293 e. The first-order valence-corrected chi connectivity index (χ1v) is 9.59. The number of benzene rings is 1. The molecule has 1 aliphatic heterocycles. The van der Waals surface area contributed by atoms with Gasteiger partial charge in [0.2, 0.25) is 0 Å². The van der Waals surface area contributed by atoms with Crippen molar-refractivity contribution in [2.75, 3.05) is 23.3 Å². The second-order valence-electron chi connectivity index (χ2n) is 6.56. The number of thiophene rings is 1. The molecule has 1 amide bonds. The van der Waals surface area contributed by atoms with Crippen LogP contribution in [0.1, 0.15) is 45.6 Å². The van der Waals surface area contributed by atoms with E-state index in [1.54, 1.807) is 12.1 Å². The topological polar surface area (TPSA) is 99.3 Å². The molecule has 0 radical (unpaired) electrons. The van der Waals surface area contributed by atoms with Crippen LogP contribution in [0.3, 0.4) is 0 Å². The number of nitrogens with zero attached hydrogens (tertiary/aromatic N) is 3. The summed E-state index contributed by atoms with van der Waals surface area (Å²) in [4.78, 5) is 26.7. The molecule has 2 heterocycles. The molecule has 0 atom stereocenters. The molecule has 1 aromatic heterocycles. The number of piperidine rings is 1. The van der Waals surface area contributed by atoms with E-state index in [0.717, 1.165) is 42.8 Å². The maximum atomic E-state index is 12.6. The van der Waals surface area contributed by atoms with Crippen LogP contribution in [0.2, 0.25) is 0 Å². The average Bonchev–Trinajstić information content (AvgIpc) is 2.94. The molecule has 1 fully saturated rings. The van der Waals surface area contributed by atoms with E-state index < -0.39 is 10.8 Å². The lowest BCUT2D eigenvalue weighted by molar-refractivity contribution is -0.384. The number of nitro benzene ring substituents is 1. The van der Waals surface area contributed by atoms with Crippen molar-refractivity contribution in [3.8, 4) is 6.07 Å². The summed E-state index contributed by atoms with van der Waals surface area (Å²) in [6.07, 6.45) is 3.15. The summed E-state index contributed by atoms with van der Waals surface area (Å²) in [6, 6.07) is 6.67. The fourth-order valence-electron chi connectivity index (χ4n) is 3.24. The second-order valence-corrected chi connectivity index (χ2v) is 7.79. The van der Waals surface area contributed by atoms with Crippen LogP contribution in [0.5, 0.6) is 0 Å². The van der Waals surface area contributed by atoms with Gasteiger partial charge in [0.15, 0.2) is 0 Å². The van der Waals surface area contributed by atoms with E-state index >= 15 is 0 Å². The Morgan fingerprint density at radius 1 is 1.30 bits per heavy atom. The molecule has 3 rings (SSSR count). The van der Waals surface area contributed by atoms with Crippen LogP contribution < -0.4 is 10.2 Å². The lowest BCUT2D eigenvalue weighted by Crippen LogP contribution is -2.30. The number of nitro groups is 1. The van der Waals surface area contributed by atoms with E-state index in [1.807, 2.05) is 18.7 Å². The van der Waals surface area contributed by atoms with Crippen LogP contribution in [-0.4, -0.2) is 23.9 Å². The fraction of sp³-hybridized carbons (Fsp3) is 0.368. The zero-order valence-electron chi connectivity index (χ0n) is 15.2. The largest absolute Gasteiger partial charge is 0.366 e. The van der Waals surface area contributed by atoms with Gasteiger partial charge in [0.1, 0.15) is 16.8 Å². The third-order valence-corrected chi connectivity index (χ3v) is 5.98. The van der Waals surface area contributed by atoms with Gasteiger partial charge in [-0.15, -0.1) is 11.3 Å². The molecule has 27 heavy (non-hydrogen) atoms. The molecule has 1 saturated heterocycles. The van der Waals surface area contributed by atoms with Crippen molar-refractivity contribution in [2.45, 2.75) is 33.1 Å². The predicted molar refractivity (Wildman–Crippen MR) is 106 cm³/mol. The zero-order valence-corrected chi connectivity index (χ0v) is 16.1. The maximum absolute atomic E-state index is 12.6. The van der Waals surface area contributed by atoms with Crippen LogP contribution in [0.15, 0.2) is 18.2 Å². The van der Waals surface area contributed by atoms with Crippen molar-refractivity contribution < 1.29 is 9.72 Å². The van der Waals surface area contributed by atoms with Crippen molar-refractivity contribution in [1.82, 2.24) is 0 Å². The van der Waals surface area contributed by atoms with Gasteiger partial charge in [0.25, 0.3) is 11.6 Å². The fourth-order valence-corrected chi connectivity index (χ4v) is 4.24. The molecule has 1 aromatic carbocycles. The molecule has 0 spiro atoms. The summed E-state index contributed by atoms with van der Waals surface area (Å²) in [5.74, 6) is -0.457. The summed E-state index contributed by atoms with van der Waals surface area (Å²) in [5, 5.41) is 24.1. The van der Waals surface area contributed by atoms with E-state index in [0.29, 0.717) is 16.3 Å².